The van der Waals surface area contributed by atoms with Crippen LogP contribution in [0.5, 0.6) is 0 Å². The zero-order valence-corrected chi connectivity index (χ0v) is 11.3. The van der Waals surface area contributed by atoms with E-state index in [1.54, 1.807) is 11.3 Å². The van der Waals surface area contributed by atoms with Crippen LogP contribution in [0.15, 0.2) is 48.8 Å². The summed E-state index contributed by atoms with van der Waals surface area (Å²) in [5, 5.41) is 14.7. The minimum Gasteiger partial charge on any atom is -0.386 e. The van der Waals surface area contributed by atoms with Gasteiger partial charge in [0.1, 0.15) is 6.10 Å². The molecule has 1 unspecified atom stereocenters. The molecule has 98 valence electrons. The Hall–Kier alpha value is -1.62. The Balaban J connectivity index is 1.61. The summed E-state index contributed by atoms with van der Waals surface area (Å²) >= 11 is 1.66. The number of hydrogen-bond acceptors (Lipinski definition) is 3. The van der Waals surface area contributed by atoms with E-state index in [2.05, 4.69) is 28.5 Å². The lowest BCUT2D eigenvalue weighted by molar-refractivity contribution is 0.178. The van der Waals surface area contributed by atoms with Crippen LogP contribution in [0.4, 0.5) is 0 Å². The lowest BCUT2D eigenvalue weighted by Crippen LogP contribution is -2.20. The molecule has 0 amide bonds. The van der Waals surface area contributed by atoms with Crippen molar-refractivity contribution in [1.29, 1.82) is 0 Å². The van der Waals surface area contributed by atoms with E-state index in [0.29, 0.717) is 6.54 Å². The van der Waals surface area contributed by atoms with E-state index < -0.39 is 6.10 Å². The highest BCUT2D eigenvalue weighted by atomic mass is 32.1. The molecule has 0 saturated carbocycles. The quantitative estimate of drug-likeness (QED) is 0.668. The average molecular weight is 272 g/mol. The van der Waals surface area contributed by atoms with Crippen molar-refractivity contribution in [3.8, 4) is 0 Å². The standard InChI is InChI=1S/C15H16N2OS/c18-13(10-17-9-11-5-6-16-8-11)15-7-12-3-1-2-4-14(12)19-15/h1-8,13,16-18H,9-10H2. The molecular weight excluding hydrogens is 256 g/mol. The highest BCUT2D eigenvalue weighted by molar-refractivity contribution is 7.19. The number of thiophene rings is 1. The number of rotatable bonds is 5. The van der Waals surface area contributed by atoms with E-state index in [1.807, 2.05) is 30.6 Å². The van der Waals surface area contributed by atoms with Crippen molar-refractivity contribution in [2.24, 2.45) is 0 Å². The molecule has 1 atom stereocenters. The molecule has 1 aromatic carbocycles. The molecule has 0 radical (unpaired) electrons. The van der Waals surface area contributed by atoms with Gasteiger partial charge >= 0.3 is 0 Å². The number of hydrogen-bond donors (Lipinski definition) is 3. The van der Waals surface area contributed by atoms with Crippen LogP contribution in [0.25, 0.3) is 10.1 Å². The maximum atomic E-state index is 10.2. The highest BCUT2D eigenvalue weighted by Gasteiger charge is 2.10. The van der Waals surface area contributed by atoms with E-state index in [-0.39, 0.29) is 0 Å². The van der Waals surface area contributed by atoms with Gasteiger partial charge in [-0.05, 0) is 29.1 Å². The predicted octanol–water partition coefficient (Wildman–Crippen LogP) is 3.05. The van der Waals surface area contributed by atoms with Crippen LogP contribution < -0.4 is 5.32 Å². The van der Waals surface area contributed by atoms with Crippen LogP contribution in [0.1, 0.15) is 16.5 Å². The van der Waals surface area contributed by atoms with Gasteiger partial charge in [0.05, 0.1) is 0 Å². The number of H-pyrrole nitrogens is 1. The van der Waals surface area contributed by atoms with E-state index in [4.69, 9.17) is 0 Å². The molecular formula is C15H16N2OS. The van der Waals surface area contributed by atoms with Crippen molar-refractivity contribution in [2.75, 3.05) is 6.54 Å². The molecule has 2 aromatic heterocycles. The Morgan fingerprint density at radius 1 is 1.26 bits per heavy atom. The molecule has 0 bridgehead atoms. The van der Waals surface area contributed by atoms with Crippen molar-refractivity contribution in [3.63, 3.8) is 0 Å². The Kier molecular flexibility index (Phi) is 3.64. The summed E-state index contributed by atoms with van der Waals surface area (Å²) in [5.74, 6) is 0. The summed E-state index contributed by atoms with van der Waals surface area (Å²) in [5.41, 5.74) is 1.20. The minimum atomic E-state index is -0.448. The Labute approximate surface area is 115 Å². The van der Waals surface area contributed by atoms with Crippen molar-refractivity contribution in [3.05, 3.63) is 59.2 Å². The van der Waals surface area contributed by atoms with Gasteiger partial charge in [-0.25, -0.2) is 0 Å². The van der Waals surface area contributed by atoms with E-state index >= 15 is 0 Å². The predicted molar refractivity (Wildman–Crippen MR) is 79.3 cm³/mol. The first-order valence-corrected chi connectivity index (χ1v) is 7.13. The molecule has 4 heteroatoms. The summed E-state index contributed by atoms with van der Waals surface area (Å²) in [7, 11) is 0. The Morgan fingerprint density at radius 2 is 2.16 bits per heavy atom. The topological polar surface area (TPSA) is 48.0 Å². The smallest absolute Gasteiger partial charge is 0.101 e. The lowest BCUT2D eigenvalue weighted by atomic mass is 10.2. The van der Waals surface area contributed by atoms with Gasteiger partial charge in [0, 0.05) is 35.1 Å². The summed E-state index contributed by atoms with van der Waals surface area (Å²) in [4.78, 5) is 4.03. The zero-order chi connectivity index (χ0) is 13.1. The second kappa shape index (κ2) is 5.57. The number of aromatic nitrogens is 1. The molecule has 2 heterocycles. The van der Waals surface area contributed by atoms with E-state index in [0.717, 1.165) is 11.4 Å². The molecule has 3 nitrogen and oxygen atoms in total. The first-order chi connectivity index (χ1) is 9.33. The van der Waals surface area contributed by atoms with Gasteiger partial charge in [-0.2, -0.15) is 0 Å². The third-order valence-corrected chi connectivity index (χ3v) is 4.32. The molecule has 0 aliphatic carbocycles. The third kappa shape index (κ3) is 2.87. The molecule has 3 rings (SSSR count). The fraction of sp³-hybridized carbons (Fsp3) is 0.200. The Morgan fingerprint density at radius 3 is 2.95 bits per heavy atom. The van der Waals surface area contributed by atoms with Gasteiger partial charge < -0.3 is 15.4 Å². The number of aliphatic hydroxyl groups excluding tert-OH is 1. The molecule has 3 N–H and O–H groups in total. The average Bonchev–Trinajstić information content (AvgIpc) is 3.07. The van der Waals surface area contributed by atoms with Gasteiger partial charge in [-0.1, -0.05) is 18.2 Å². The molecule has 0 fully saturated rings. The number of aromatic amines is 1. The second-order valence-electron chi connectivity index (χ2n) is 4.55. The molecule has 0 aliphatic rings. The van der Waals surface area contributed by atoms with E-state index in [1.165, 1.54) is 15.6 Å². The van der Waals surface area contributed by atoms with Crippen LogP contribution in [0.2, 0.25) is 0 Å². The zero-order valence-electron chi connectivity index (χ0n) is 10.5. The summed E-state index contributed by atoms with van der Waals surface area (Å²) in [6.07, 6.45) is 3.41. The highest BCUT2D eigenvalue weighted by Crippen LogP contribution is 2.29. The molecule has 0 spiro atoms. The number of nitrogens with one attached hydrogen (secondary N) is 2. The van der Waals surface area contributed by atoms with Crippen LogP contribution in [-0.2, 0) is 6.54 Å². The number of fused-ring (bicyclic) bond motifs is 1. The minimum absolute atomic E-state index is 0.448. The van der Waals surface area contributed by atoms with Crippen molar-refractivity contribution in [1.82, 2.24) is 10.3 Å². The lowest BCUT2D eigenvalue weighted by Gasteiger charge is -2.09. The van der Waals surface area contributed by atoms with Gasteiger partial charge in [-0.3, -0.25) is 0 Å². The van der Waals surface area contributed by atoms with Crippen LogP contribution >= 0.6 is 11.3 Å². The van der Waals surface area contributed by atoms with E-state index in [9.17, 15) is 5.11 Å². The summed E-state index contributed by atoms with van der Waals surface area (Å²) in [6.45, 7) is 1.34. The van der Waals surface area contributed by atoms with Crippen LogP contribution in [0, 0.1) is 0 Å². The first-order valence-electron chi connectivity index (χ1n) is 6.32. The fourth-order valence-corrected chi connectivity index (χ4v) is 3.14. The normalized spacial score (nSPS) is 12.9. The Bertz CT molecular complexity index is 612. The van der Waals surface area contributed by atoms with Gasteiger partial charge in [0.15, 0.2) is 0 Å². The molecule has 3 aromatic rings. The third-order valence-electron chi connectivity index (χ3n) is 3.10. The van der Waals surface area contributed by atoms with Gasteiger partial charge in [-0.15, -0.1) is 11.3 Å². The molecule has 19 heavy (non-hydrogen) atoms. The van der Waals surface area contributed by atoms with Crippen molar-refractivity contribution < 1.29 is 5.11 Å². The van der Waals surface area contributed by atoms with Crippen LogP contribution in [-0.4, -0.2) is 16.6 Å². The first kappa shape index (κ1) is 12.4. The molecule has 0 aliphatic heterocycles. The van der Waals surface area contributed by atoms with Crippen LogP contribution in [0.3, 0.4) is 0 Å². The van der Waals surface area contributed by atoms with Gasteiger partial charge in [0.25, 0.3) is 0 Å². The maximum absolute atomic E-state index is 10.2. The fourth-order valence-electron chi connectivity index (χ4n) is 2.09. The summed E-state index contributed by atoms with van der Waals surface area (Å²) in [6, 6.07) is 12.3. The number of benzene rings is 1. The summed E-state index contributed by atoms with van der Waals surface area (Å²) < 4.78 is 1.22. The maximum Gasteiger partial charge on any atom is 0.101 e. The second-order valence-corrected chi connectivity index (χ2v) is 5.67. The largest absolute Gasteiger partial charge is 0.386 e. The van der Waals surface area contributed by atoms with Gasteiger partial charge in [0.2, 0.25) is 0 Å². The molecule has 0 saturated heterocycles. The monoisotopic (exact) mass is 272 g/mol. The van der Waals surface area contributed by atoms with Crippen molar-refractivity contribution in [2.45, 2.75) is 12.6 Å². The SMILES string of the molecule is OC(CNCc1cc[nH]c1)c1cc2ccccc2s1. The number of aliphatic hydroxyl groups is 1. The van der Waals surface area contributed by atoms with Crippen molar-refractivity contribution >= 4 is 21.4 Å².